The number of carbonyl (C=O) groups excluding carboxylic acids is 1. The lowest BCUT2D eigenvalue weighted by Crippen LogP contribution is -2.40. The van der Waals surface area contributed by atoms with Crippen LogP contribution in [0.25, 0.3) is 11.1 Å². The number of amides is 1. The molecule has 0 saturated carbocycles. The highest BCUT2D eigenvalue weighted by molar-refractivity contribution is 6.06. The van der Waals surface area contributed by atoms with Gasteiger partial charge in [-0.3, -0.25) is 9.78 Å². The third-order valence-corrected chi connectivity index (χ3v) is 5.00. The van der Waals surface area contributed by atoms with Crippen LogP contribution in [0.2, 0.25) is 0 Å². The second kappa shape index (κ2) is 9.28. The number of anilines is 1. The van der Waals surface area contributed by atoms with Gasteiger partial charge in [0, 0.05) is 54.6 Å². The molecule has 1 saturated heterocycles. The molecule has 8 heteroatoms. The summed E-state index contributed by atoms with van der Waals surface area (Å²) >= 11 is 0. The molecule has 6 nitrogen and oxygen atoms in total. The van der Waals surface area contributed by atoms with E-state index in [-0.39, 0.29) is 36.0 Å². The fourth-order valence-corrected chi connectivity index (χ4v) is 3.24. The number of hydrogen-bond donors (Lipinski definition) is 2. The average Bonchev–Trinajstić information content (AvgIpc) is 2.68. The Morgan fingerprint density at radius 1 is 1.10 bits per heavy atom. The summed E-state index contributed by atoms with van der Waals surface area (Å²) in [5.74, 6) is 0.319. The van der Waals surface area contributed by atoms with Crippen molar-refractivity contribution < 1.29 is 9.18 Å². The molecular weight excluding hydrogens is 405 g/mol. The molecule has 0 atom stereocenters. The Kier molecular flexibility index (Phi) is 6.74. The van der Waals surface area contributed by atoms with Crippen LogP contribution in [-0.2, 0) is 0 Å². The molecule has 1 fully saturated rings. The molecular formula is C22H23ClFN5O. The fraction of sp³-hybridized carbons (Fsp3) is 0.273. The molecule has 2 aromatic heterocycles. The summed E-state index contributed by atoms with van der Waals surface area (Å²) in [6, 6.07) is 8.24. The van der Waals surface area contributed by atoms with Gasteiger partial charge in [0.1, 0.15) is 11.6 Å². The highest BCUT2D eigenvalue weighted by Gasteiger charge is 2.27. The van der Waals surface area contributed by atoms with Gasteiger partial charge in [0.15, 0.2) is 0 Å². The second-order valence-electron chi connectivity index (χ2n) is 7.39. The van der Waals surface area contributed by atoms with Gasteiger partial charge in [-0.25, -0.2) is 14.4 Å². The zero-order chi connectivity index (χ0) is 20.4. The van der Waals surface area contributed by atoms with E-state index in [2.05, 4.69) is 25.6 Å². The smallest absolute Gasteiger partial charge is 0.258 e. The highest BCUT2D eigenvalue weighted by atomic mass is 35.5. The topological polar surface area (TPSA) is 79.8 Å². The molecule has 0 unspecified atom stereocenters. The van der Waals surface area contributed by atoms with Crippen LogP contribution in [0.3, 0.4) is 0 Å². The number of nitrogens with zero attached hydrogens (tertiary/aromatic N) is 3. The highest BCUT2D eigenvalue weighted by Crippen LogP contribution is 2.36. The number of rotatable bonds is 5. The van der Waals surface area contributed by atoms with Crippen molar-refractivity contribution in [2.24, 2.45) is 0 Å². The molecule has 156 valence electrons. The molecule has 0 aliphatic carbocycles. The summed E-state index contributed by atoms with van der Waals surface area (Å²) in [6.45, 7) is 5.51. The Balaban J connectivity index is 0.00000256. The maximum Gasteiger partial charge on any atom is 0.258 e. The molecule has 3 aromatic rings. The number of carbonyl (C=O) groups is 1. The zero-order valence-corrected chi connectivity index (χ0v) is 17.5. The van der Waals surface area contributed by atoms with Gasteiger partial charge in [-0.05, 0) is 12.1 Å². The minimum Gasteiger partial charge on any atom is -0.320 e. The molecule has 0 spiro atoms. The number of hydrogen-bond acceptors (Lipinski definition) is 5. The van der Waals surface area contributed by atoms with Gasteiger partial charge in [-0.1, -0.05) is 32.0 Å². The summed E-state index contributed by atoms with van der Waals surface area (Å²) in [7, 11) is 0. The van der Waals surface area contributed by atoms with Crippen molar-refractivity contribution in [3.63, 3.8) is 0 Å². The van der Waals surface area contributed by atoms with Crippen LogP contribution >= 0.6 is 12.4 Å². The first-order valence-corrected chi connectivity index (χ1v) is 9.62. The van der Waals surface area contributed by atoms with E-state index < -0.39 is 0 Å². The average molecular weight is 428 g/mol. The quantitative estimate of drug-likeness (QED) is 0.639. The Labute approximate surface area is 180 Å². The number of aromatic nitrogens is 3. The Bertz CT molecular complexity index is 1040. The van der Waals surface area contributed by atoms with Crippen molar-refractivity contribution in [3.8, 4) is 11.1 Å². The van der Waals surface area contributed by atoms with Gasteiger partial charge in [0.25, 0.3) is 5.91 Å². The van der Waals surface area contributed by atoms with E-state index in [1.807, 2.05) is 13.8 Å². The van der Waals surface area contributed by atoms with Crippen molar-refractivity contribution in [3.05, 3.63) is 71.8 Å². The number of nitrogens with one attached hydrogen (secondary N) is 2. The molecule has 0 bridgehead atoms. The van der Waals surface area contributed by atoms with Crippen LogP contribution in [0, 0.1) is 5.82 Å². The molecule has 1 aliphatic rings. The Morgan fingerprint density at radius 3 is 2.40 bits per heavy atom. The Morgan fingerprint density at radius 2 is 1.80 bits per heavy atom. The lowest BCUT2D eigenvalue weighted by molar-refractivity contribution is 0.102. The predicted octanol–water partition coefficient (Wildman–Crippen LogP) is 4.16. The van der Waals surface area contributed by atoms with E-state index in [1.54, 1.807) is 30.5 Å². The summed E-state index contributed by atoms with van der Waals surface area (Å²) < 4.78 is 14.5. The van der Waals surface area contributed by atoms with E-state index in [0.29, 0.717) is 28.2 Å². The van der Waals surface area contributed by atoms with E-state index in [0.717, 1.165) is 18.8 Å². The summed E-state index contributed by atoms with van der Waals surface area (Å²) in [5, 5.41) is 6.16. The van der Waals surface area contributed by atoms with Gasteiger partial charge in [-0.15, -0.1) is 12.4 Å². The largest absolute Gasteiger partial charge is 0.320 e. The van der Waals surface area contributed by atoms with Crippen molar-refractivity contribution in [1.82, 2.24) is 20.3 Å². The zero-order valence-electron chi connectivity index (χ0n) is 16.7. The molecule has 4 rings (SSSR count). The first-order valence-electron chi connectivity index (χ1n) is 9.62. The maximum absolute atomic E-state index is 14.5. The minimum atomic E-state index is -0.350. The number of halogens is 2. The molecule has 1 aliphatic heterocycles. The van der Waals surface area contributed by atoms with Gasteiger partial charge >= 0.3 is 0 Å². The predicted molar refractivity (Wildman–Crippen MR) is 117 cm³/mol. The van der Waals surface area contributed by atoms with Gasteiger partial charge in [0.05, 0.1) is 16.9 Å². The normalized spacial score (nSPS) is 13.5. The summed E-state index contributed by atoms with van der Waals surface area (Å²) in [4.78, 5) is 25.9. The lowest BCUT2D eigenvalue weighted by Gasteiger charge is -2.29. The summed E-state index contributed by atoms with van der Waals surface area (Å²) in [5.41, 5.74) is 2.65. The van der Waals surface area contributed by atoms with Crippen LogP contribution in [-0.4, -0.2) is 33.9 Å². The van der Waals surface area contributed by atoms with E-state index in [1.165, 1.54) is 18.5 Å². The molecule has 30 heavy (non-hydrogen) atoms. The van der Waals surface area contributed by atoms with Crippen molar-refractivity contribution >= 4 is 24.0 Å². The summed E-state index contributed by atoms with van der Waals surface area (Å²) in [6.07, 6.45) is 4.69. The second-order valence-corrected chi connectivity index (χ2v) is 7.39. The van der Waals surface area contributed by atoms with Gasteiger partial charge in [-0.2, -0.15) is 0 Å². The number of benzene rings is 1. The Hall–Kier alpha value is -2.90. The number of pyridine rings is 1. The third-order valence-electron chi connectivity index (χ3n) is 5.00. The maximum atomic E-state index is 14.5. The SMILES string of the molecule is CC(C)c1ncc(C(=O)Nc2c(-c3ccccc3F)ccnc2C2CNC2)cn1.Cl. The fourth-order valence-electron chi connectivity index (χ4n) is 3.24. The first kappa shape index (κ1) is 21.8. The van der Waals surface area contributed by atoms with Crippen molar-refractivity contribution in [2.75, 3.05) is 18.4 Å². The molecule has 0 radical (unpaired) electrons. The minimum absolute atomic E-state index is 0. The first-order chi connectivity index (χ1) is 14.0. The molecule has 1 aromatic carbocycles. The molecule has 1 amide bonds. The van der Waals surface area contributed by atoms with Crippen molar-refractivity contribution in [2.45, 2.75) is 25.7 Å². The van der Waals surface area contributed by atoms with E-state index >= 15 is 0 Å². The molecule has 3 heterocycles. The lowest BCUT2D eigenvalue weighted by atomic mass is 9.93. The van der Waals surface area contributed by atoms with E-state index in [9.17, 15) is 9.18 Å². The van der Waals surface area contributed by atoms with Crippen LogP contribution in [0.5, 0.6) is 0 Å². The van der Waals surface area contributed by atoms with Crippen LogP contribution in [0.4, 0.5) is 10.1 Å². The third kappa shape index (κ3) is 4.32. The van der Waals surface area contributed by atoms with Gasteiger partial charge < -0.3 is 10.6 Å². The van der Waals surface area contributed by atoms with Crippen molar-refractivity contribution in [1.29, 1.82) is 0 Å². The van der Waals surface area contributed by atoms with Crippen LogP contribution < -0.4 is 10.6 Å². The van der Waals surface area contributed by atoms with Gasteiger partial charge in [0.2, 0.25) is 0 Å². The van der Waals surface area contributed by atoms with Crippen LogP contribution in [0.1, 0.15) is 47.6 Å². The van der Waals surface area contributed by atoms with E-state index in [4.69, 9.17) is 0 Å². The molecule has 2 N–H and O–H groups in total. The monoisotopic (exact) mass is 427 g/mol. The standard InChI is InChI=1S/C22H22FN5O.ClH/c1-13(2)21-26-11-15(12-27-21)22(29)28-20-17(16-5-3-4-6-18(16)23)7-8-25-19(20)14-9-24-10-14;/h3-8,11-14,24H,9-10H2,1-2H3,(H,28,29);1H. The van der Waals surface area contributed by atoms with Crippen LogP contribution in [0.15, 0.2) is 48.9 Å².